The number of halogens is 2. The van der Waals surface area contributed by atoms with Crippen LogP contribution in [0.5, 0.6) is 0 Å². The van der Waals surface area contributed by atoms with E-state index in [0.29, 0.717) is 6.42 Å². The average Bonchev–Trinajstić information content (AvgIpc) is 2.34. The van der Waals surface area contributed by atoms with Crippen LogP contribution in [0.15, 0.2) is 17.0 Å². The normalized spacial score (nSPS) is 13.1. The number of carbonyl (C=O) groups is 1. The van der Waals surface area contributed by atoms with E-state index in [-0.39, 0.29) is 16.6 Å². The molecule has 5 nitrogen and oxygen atoms in total. The van der Waals surface area contributed by atoms with Crippen LogP contribution in [-0.4, -0.2) is 32.3 Å². The number of nitrogens with zero attached hydrogens (tertiary/aromatic N) is 1. The summed E-state index contributed by atoms with van der Waals surface area (Å²) in [5, 5.41) is 4.75. The van der Waals surface area contributed by atoms with Crippen LogP contribution < -0.4 is 5.14 Å². The SMILES string of the molecule is CCC(C)N(C)C(=O)c1cc(S(N)(=O)=O)c(F)cc1Cl. The predicted octanol–water partition coefficient (Wildman–Crippen LogP) is 2.00. The first-order chi connectivity index (χ1) is 9.09. The number of nitrogens with two attached hydrogens (primary N) is 1. The van der Waals surface area contributed by atoms with Gasteiger partial charge < -0.3 is 4.90 Å². The van der Waals surface area contributed by atoms with E-state index in [4.69, 9.17) is 16.7 Å². The van der Waals surface area contributed by atoms with Crippen LogP contribution in [0.2, 0.25) is 5.02 Å². The van der Waals surface area contributed by atoms with Gasteiger partial charge in [-0.3, -0.25) is 4.79 Å². The molecule has 20 heavy (non-hydrogen) atoms. The lowest BCUT2D eigenvalue weighted by Crippen LogP contribution is -2.35. The molecule has 0 aromatic heterocycles. The maximum atomic E-state index is 13.5. The summed E-state index contributed by atoms with van der Waals surface area (Å²) in [4.78, 5) is 12.9. The Balaban J connectivity index is 3.36. The summed E-state index contributed by atoms with van der Waals surface area (Å²) in [5.41, 5.74) is -0.0973. The van der Waals surface area contributed by atoms with Gasteiger partial charge >= 0.3 is 0 Å². The van der Waals surface area contributed by atoms with E-state index in [0.717, 1.165) is 12.1 Å². The van der Waals surface area contributed by atoms with E-state index >= 15 is 0 Å². The minimum absolute atomic E-state index is 0.0680. The van der Waals surface area contributed by atoms with Gasteiger partial charge in [-0.2, -0.15) is 0 Å². The molecule has 1 unspecified atom stereocenters. The van der Waals surface area contributed by atoms with Gasteiger partial charge in [0.2, 0.25) is 10.0 Å². The Morgan fingerprint density at radius 2 is 2.05 bits per heavy atom. The Morgan fingerprint density at radius 3 is 2.50 bits per heavy atom. The highest BCUT2D eigenvalue weighted by Crippen LogP contribution is 2.25. The molecule has 0 aliphatic heterocycles. The lowest BCUT2D eigenvalue weighted by molar-refractivity contribution is 0.0740. The molecule has 0 fully saturated rings. The smallest absolute Gasteiger partial charge is 0.255 e. The minimum Gasteiger partial charge on any atom is -0.339 e. The van der Waals surface area contributed by atoms with E-state index in [9.17, 15) is 17.6 Å². The molecule has 0 heterocycles. The molecule has 2 N–H and O–H groups in total. The van der Waals surface area contributed by atoms with Gasteiger partial charge in [0.1, 0.15) is 10.7 Å². The van der Waals surface area contributed by atoms with Crippen LogP contribution in [0.25, 0.3) is 0 Å². The van der Waals surface area contributed by atoms with Gasteiger partial charge in [-0.05, 0) is 25.5 Å². The molecule has 0 spiro atoms. The largest absolute Gasteiger partial charge is 0.339 e. The second kappa shape index (κ2) is 6.07. The van der Waals surface area contributed by atoms with Crippen molar-refractivity contribution in [3.63, 3.8) is 0 Å². The summed E-state index contributed by atoms with van der Waals surface area (Å²) in [6.07, 6.45) is 0.711. The fraction of sp³-hybridized carbons (Fsp3) is 0.417. The lowest BCUT2D eigenvalue weighted by Gasteiger charge is -2.24. The molecule has 1 amide bonds. The average molecular weight is 323 g/mol. The van der Waals surface area contributed by atoms with Gasteiger partial charge in [0, 0.05) is 13.1 Å². The van der Waals surface area contributed by atoms with Crippen molar-refractivity contribution in [2.24, 2.45) is 5.14 Å². The highest BCUT2D eigenvalue weighted by Gasteiger charge is 2.24. The number of hydrogen-bond donors (Lipinski definition) is 1. The summed E-state index contributed by atoms with van der Waals surface area (Å²) in [6.45, 7) is 3.73. The van der Waals surface area contributed by atoms with Gasteiger partial charge in [0.15, 0.2) is 0 Å². The highest BCUT2D eigenvalue weighted by atomic mass is 35.5. The molecular formula is C12H16ClFN2O3S. The Bertz CT molecular complexity index is 634. The summed E-state index contributed by atoms with van der Waals surface area (Å²) in [7, 11) is -2.70. The van der Waals surface area contributed by atoms with Crippen LogP contribution in [0.3, 0.4) is 0 Å². The van der Waals surface area contributed by atoms with E-state index in [1.54, 1.807) is 7.05 Å². The Kier molecular flexibility index (Phi) is 5.12. The van der Waals surface area contributed by atoms with Crippen LogP contribution in [0.4, 0.5) is 4.39 Å². The number of primary sulfonamides is 1. The molecule has 112 valence electrons. The van der Waals surface area contributed by atoms with Gasteiger partial charge in [0.05, 0.1) is 10.6 Å². The number of hydrogen-bond acceptors (Lipinski definition) is 3. The van der Waals surface area contributed by atoms with E-state index in [2.05, 4.69) is 0 Å². The van der Waals surface area contributed by atoms with Crippen molar-refractivity contribution >= 4 is 27.5 Å². The molecule has 0 bridgehead atoms. The molecule has 1 aromatic carbocycles. The van der Waals surface area contributed by atoms with Crippen molar-refractivity contribution in [1.29, 1.82) is 0 Å². The monoisotopic (exact) mass is 322 g/mol. The van der Waals surface area contributed by atoms with E-state index < -0.39 is 26.6 Å². The Morgan fingerprint density at radius 1 is 1.50 bits per heavy atom. The molecular weight excluding hydrogens is 307 g/mol. The number of benzene rings is 1. The van der Waals surface area contributed by atoms with Gasteiger partial charge in [-0.25, -0.2) is 17.9 Å². The lowest BCUT2D eigenvalue weighted by atomic mass is 10.1. The molecule has 0 aliphatic carbocycles. The first kappa shape index (κ1) is 16.9. The second-order valence-corrected chi connectivity index (χ2v) is 6.42. The third-order valence-electron chi connectivity index (χ3n) is 3.13. The quantitative estimate of drug-likeness (QED) is 0.920. The molecule has 0 radical (unpaired) electrons. The molecule has 0 aliphatic rings. The van der Waals surface area contributed by atoms with Crippen LogP contribution in [0.1, 0.15) is 30.6 Å². The van der Waals surface area contributed by atoms with Gasteiger partial charge in [-0.1, -0.05) is 18.5 Å². The molecule has 0 saturated carbocycles. The number of carbonyl (C=O) groups excluding carboxylic acids is 1. The van der Waals surface area contributed by atoms with Gasteiger partial charge in [0.25, 0.3) is 5.91 Å². The van der Waals surface area contributed by atoms with Crippen molar-refractivity contribution < 1.29 is 17.6 Å². The third-order valence-corrected chi connectivity index (χ3v) is 4.37. The standard InChI is InChI=1S/C12H16ClFN2O3S/c1-4-7(2)16(3)12(17)8-5-11(20(15,18)19)10(14)6-9(8)13/h5-7H,4H2,1-3H3,(H2,15,18,19). The van der Waals surface area contributed by atoms with E-state index in [1.165, 1.54) is 4.90 Å². The van der Waals surface area contributed by atoms with Crippen LogP contribution in [-0.2, 0) is 10.0 Å². The molecule has 8 heteroatoms. The Hall–Kier alpha value is -1.18. The summed E-state index contributed by atoms with van der Waals surface area (Å²) < 4.78 is 36.1. The minimum atomic E-state index is -4.26. The molecule has 1 rings (SSSR count). The maximum absolute atomic E-state index is 13.5. The number of amides is 1. The maximum Gasteiger partial charge on any atom is 0.255 e. The summed E-state index contributed by atoms with van der Waals surface area (Å²) in [6, 6.07) is 1.58. The Labute approximate surface area is 122 Å². The van der Waals surface area contributed by atoms with Gasteiger partial charge in [-0.15, -0.1) is 0 Å². The second-order valence-electron chi connectivity index (χ2n) is 4.48. The zero-order chi connectivity index (χ0) is 15.7. The van der Waals surface area contributed by atoms with Crippen LogP contribution in [0, 0.1) is 5.82 Å². The third kappa shape index (κ3) is 3.47. The zero-order valence-electron chi connectivity index (χ0n) is 11.4. The van der Waals surface area contributed by atoms with Crippen molar-refractivity contribution in [3.05, 3.63) is 28.5 Å². The molecule has 0 saturated heterocycles. The number of rotatable bonds is 4. The first-order valence-corrected chi connectivity index (χ1v) is 7.81. The van der Waals surface area contributed by atoms with Crippen molar-refractivity contribution in [1.82, 2.24) is 4.90 Å². The fourth-order valence-electron chi connectivity index (χ4n) is 1.58. The fourth-order valence-corrected chi connectivity index (χ4v) is 2.42. The first-order valence-electron chi connectivity index (χ1n) is 5.88. The van der Waals surface area contributed by atoms with Crippen molar-refractivity contribution in [2.75, 3.05) is 7.05 Å². The summed E-state index contributed by atoms with van der Waals surface area (Å²) >= 11 is 5.82. The highest BCUT2D eigenvalue weighted by molar-refractivity contribution is 7.89. The van der Waals surface area contributed by atoms with Crippen molar-refractivity contribution in [3.8, 4) is 0 Å². The summed E-state index contributed by atoms with van der Waals surface area (Å²) in [5.74, 6) is -1.57. The predicted molar refractivity (Wildman–Crippen MR) is 74.6 cm³/mol. The zero-order valence-corrected chi connectivity index (χ0v) is 12.9. The number of sulfonamides is 1. The van der Waals surface area contributed by atoms with Crippen molar-refractivity contribution in [2.45, 2.75) is 31.2 Å². The molecule has 1 aromatic rings. The topological polar surface area (TPSA) is 80.5 Å². The molecule has 1 atom stereocenters. The van der Waals surface area contributed by atoms with E-state index in [1.807, 2.05) is 13.8 Å². The van der Waals surface area contributed by atoms with Crippen LogP contribution >= 0.6 is 11.6 Å².